The first kappa shape index (κ1) is 6.58. The third-order valence-corrected chi connectivity index (χ3v) is 2.47. The van der Waals surface area contributed by atoms with Gasteiger partial charge in [0.15, 0.2) is 6.29 Å². The minimum Gasteiger partial charge on any atom is -0.352 e. The molecule has 58 valence electrons. The van der Waals surface area contributed by atoms with E-state index in [1.54, 1.807) is 0 Å². The number of hydrogen-bond donors (Lipinski definition) is 1. The van der Waals surface area contributed by atoms with Crippen LogP contribution in [0.3, 0.4) is 0 Å². The van der Waals surface area contributed by atoms with Crippen LogP contribution in [0, 0.1) is 11.8 Å². The van der Waals surface area contributed by atoms with E-state index in [2.05, 4.69) is 0 Å². The van der Waals surface area contributed by atoms with Gasteiger partial charge in [-0.3, -0.25) is 0 Å². The third-order valence-electron chi connectivity index (χ3n) is 2.47. The monoisotopic (exact) mass is 143 g/mol. The molecule has 3 heteroatoms. The van der Waals surface area contributed by atoms with Crippen LogP contribution in [0.4, 0.5) is 0 Å². The molecule has 3 atom stereocenters. The Labute approximate surface area is 60.5 Å². The summed E-state index contributed by atoms with van der Waals surface area (Å²) in [7, 11) is 0. The Morgan fingerprint density at radius 3 is 3.10 bits per heavy atom. The molecule has 0 aromatic carbocycles. The molecule has 2 fully saturated rings. The molecular formula is C7H13NO2. The van der Waals surface area contributed by atoms with Crippen molar-refractivity contribution in [3.8, 4) is 0 Å². The Balaban J connectivity index is 2.01. The van der Waals surface area contributed by atoms with Gasteiger partial charge in [0.25, 0.3) is 0 Å². The van der Waals surface area contributed by atoms with E-state index < -0.39 is 0 Å². The first-order chi connectivity index (χ1) is 4.92. The molecule has 0 aromatic rings. The van der Waals surface area contributed by atoms with Crippen molar-refractivity contribution in [3.05, 3.63) is 0 Å². The summed E-state index contributed by atoms with van der Waals surface area (Å²) in [6, 6.07) is 0. The van der Waals surface area contributed by atoms with Gasteiger partial charge >= 0.3 is 0 Å². The number of ether oxygens (including phenoxy) is 2. The van der Waals surface area contributed by atoms with E-state index in [4.69, 9.17) is 15.2 Å². The lowest BCUT2D eigenvalue weighted by molar-refractivity contribution is -0.0905. The first-order valence-electron chi connectivity index (χ1n) is 3.85. The fourth-order valence-corrected chi connectivity index (χ4v) is 1.79. The van der Waals surface area contributed by atoms with E-state index in [9.17, 15) is 0 Å². The molecule has 0 amide bonds. The average molecular weight is 143 g/mol. The third kappa shape index (κ3) is 0.856. The molecule has 0 aromatic heterocycles. The van der Waals surface area contributed by atoms with Crippen molar-refractivity contribution < 1.29 is 9.47 Å². The van der Waals surface area contributed by atoms with Crippen molar-refractivity contribution in [1.29, 1.82) is 0 Å². The summed E-state index contributed by atoms with van der Waals surface area (Å²) in [5.74, 6) is 1.14. The van der Waals surface area contributed by atoms with Crippen LogP contribution >= 0.6 is 0 Å². The number of fused-ring (bicyclic) bond motifs is 1. The van der Waals surface area contributed by atoms with E-state index in [1.165, 1.54) is 0 Å². The summed E-state index contributed by atoms with van der Waals surface area (Å²) in [4.78, 5) is 0. The van der Waals surface area contributed by atoms with Crippen LogP contribution in [0.15, 0.2) is 0 Å². The Hall–Kier alpha value is -0.120. The first-order valence-corrected chi connectivity index (χ1v) is 3.85. The van der Waals surface area contributed by atoms with Gasteiger partial charge in [0.1, 0.15) is 0 Å². The topological polar surface area (TPSA) is 44.5 Å². The summed E-state index contributed by atoms with van der Waals surface area (Å²) < 4.78 is 10.7. The van der Waals surface area contributed by atoms with Crippen molar-refractivity contribution in [2.45, 2.75) is 12.7 Å². The summed E-state index contributed by atoms with van der Waals surface area (Å²) in [5, 5.41) is 0. The molecule has 10 heavy (non-hydrogen) atoms. The largest absolute Gasteiger partial charge is 0.352 e. The summed E-state index contributed by atoms with van der Waals surface area (Å²) in [6.45, 7) is 2.39. The van der Waals surface area contributed by atoms with Gasteiger partial charge in [-0.05, 0) is 13.0 Å². The van der Waals surface area contributed by atoms with E-state index in [1.807, 2.05) is 0 Å². The molecule has 2 rings (SSSR count). The molecule has 0 bridgehead atoms. The Kier molecular flexibility index (Phi) is 1.64. The van der Waals surface area contributed by atoms with Gasteiger partial charge < -0.3 is 15.2 Å². The van der Waals surface area contributed by atoms with Gasteiger partial charge in [-0.1, -0.05) is 0 Å². The smallest absolute Gasteiger partial charge is 0.160 e. The van der Waals surface area contributed by atoms with Crippen molar-refractivity contribution in [2.75, 3.05) is 19.8 Å². The highest BCUT2D eigenvalue weighted by Crippen LogP contribution is 2.34. The Bertz CT molecular complexity index is 129. The van der Waals surface area contributed by atoms with Gasteiger partial charge in [-0.15, -0.1) is 0 Å². The van der Waals surface area contributed by atoms with Crippen molar-refractivity contribution in [1.82, 2.24) is 0 Å². The van der Waals surface area contributed by atoms with Crippen molar-refractivity contribution >= 4 is 0 Å². The predicted octanol–water partition coefficient (Wildman–Crippen LogP) is -0.0459. The maximum atomic E-state index is 5.55. The average Bonchev–Trinajstić information content (AvgIpc) is 2.44. The SMILES string of the molecule is NC[C@@H]1CO[C@H]2OCC[C@@H]12. The van der Waals surface area contributed by atoms with E-state index in [-0.39, 0.29) is 6.29 Å². The normalized spacial score (nSPS) is 45.9. The lowest BCUT2D eigenvalue weighted by Gasteiger charge is -2.10. The second-order valence-corrected chi connectivity index (χ2v) is 3.02. The number of nitrogens with two attached hydrogens (primary N) is 1. The highest BCUT2D eigenvalue weighted by Gasteiger charge is 2.40. The number of hydrogen-bond acceptors (Lipinski definition) is 3. The minimum absolute atomic E-state index is 0.0774. The van der Waals surface area contributed by atoms with Gasteiger partial charge in [0.2, 0.25) is 0 Å². The molecular weight excluding hydrogens is 130 g/mol. The van der Waals surface area contributed by atoms with Crippen LogP contribution in [0.1, 0.15) is 6.42 Å². The van der Waals surface area contributed by atoms with Gasteiger partial charge in [0, 0.05) is 11.8 Å². The zero-order chi connectivity index (χ0) is 6.97. The molecule has 0 aliphatic carbocycles. The summed E-state index contributed by atoms with van der Waals surface area (Å²) in [6.07, 6.45) is 1.21. The fourth-order valence-electron chi connectivity index (χ4n) is 1.79. The van der Waals surface area contributed by atoms with Crippen LogP contribution in [0.25, 0.3) is 0 Å². The van der Waals surface area contributed by atoms with Crippen LogP contribution in [0.5, 0.6) is 0 Å². The van der Waals surface area contributed by atoms with Crippen LogP contribution < -0.4 is 5.73 Å². The molecule has 0 radical (unpaired) electrons. The number of rotatable bonds is 1. The van der Waals surface area contributed by atoms with E-state index in [0.717, 1.165) is 26.2 Å². The molecule has 0 saturated carbocycles. The molecule has 0 spiro atoms. The summed E-state index contributed by atoms with van der Waals surface area (Å²) >= 11 is 0. The predicted molar refractivity (Wildman–Crippen MR) is 36.3 cm³/mol. The van der Waals surface area contributed by atoms with Crippen LogP contribution in [-0.2, 0) is 9.47 Å². The molecule has 0 unspecified atom stereocenters. The fraction of sp³-hybridized carbons (Fsp3) is 1.00. The Morgan fingerprint density at radius 1 is 1.40 bits per heavy atom. The second-order valence-electron chi connectivity index (χ2n) is 3.02. The highest BCUT2D eigenvalue weighted by molar-refractivity contribution is 4.82. The lowest BCUT2D eigenvalue weighted by Crippen LogP contribution is -2.22. The highest BCUT2D eigenvalue weighted by atomic mass is 16.7. The van der Waals surface area contributed by atoms with E-state index >= 15 is 0 Å². The molecule has 2 heterocycles. The molecule has 2 aliphatic rings. The van der Waals surface area contributed by atoms with Crippen LogP contribution in [-0.4, -0.2) is 26.0 Å². The minimum atomic E-state index is 0.0774. The van der Waals surface area contributed by atoms with Crippen LogP contribution in [0.2, 0.25) is 0 Å². The van der Waals surface area contributed by atoms with Gasteiger partial charge in [-0.25, -0.2) is 0 Å². The zero-order valence-corrected chi connectivity index (χ0v) is 5.95. The molecule has 2 N–H and O–H groups in total. The molecule has 3 nitrogen and oxygen atoms in total. The maximum Gasteiger partial charge on any atom is 0.160 e. The lowest BCUT2D eigenvalue weighted by atomic mass is 9.94. The van der Waals surface area contributed by atoms with Gasteiger partial charge in [0.05, 0.1) is 13.2 Å². The second kappa shape index (κ2) is 2.49. The van der Waals surface area contributed by atoms with Gasteiger partial charge in [-0.2, -0.15) is 0 Å². The quantitative estimate of drug-likeness (QED) is 0.560. The molecule has 2 aliphatic heterocycles. The van der Waals surface area contributed by atoms with Crippen molar-refractivity contribution in [3.63, 3.8) is 0 Å². The standard InChI is InChI=1S/C7H13NO2/c8-3-5-4-10-7-6(5)1-2-9-7/h5-7H,1-4,8H2/t5-,6+,7-/m1/s1. The zero-order valence-electron chi connectivity index (χ0n) is 5.95. The van der Waals surface area contributed by atoms with Crippen molar-refractivity contribution in [2.24, 2.45) is 17.6 Å². The molecule has 2 saturated heterocycles. The van der Waals surface area contributed by atoms with E-state index in [0.29, 0.717) is 11.8 Å². The Morgan fingerprint density at radius 2 is 2.30 bits per heavy atom. The summed E-state index contributed by atoms with van der Waals surface area (Å²) in [5.41, 5.74) is 5.55. The maximum absolute atomic E-state index is 5.55.